The Morgan fingerprint density at radius 2 is 1.51 bits per heavy atom. The van der Waals surface area contributed by atoms with Crippen molar-refractivity contribution in [3.8, 4) is 0 Å². The fourth-order valence-corrected chi connectivity index (χ4v) is 3.80. The van der Waals surface area contributed by atoms with E-state index >= 15 is 0 Å². The summed E-state index contributed by atoms with van der Waals surface area (Å²) >= 11 is 0. The molecule has 3 nitrogen and oxygen atoms in total. The van der Waals surface area contributed by atoms with E-state index in [-0.39, 0.29) is 18.7 Å². The van der Waals surface area contributed by atoms with E-state index in [1.807, 2.05) is 6.92 Å². The van der Waals surface area contributed by atoms with Gasteiger partial charge in [-0.15, -0.1) is 0 Å². The third-order valence-corrected chi connectivity index (χ3v) is 5.64. The first-order valence-electron chi connectivity index (χ1n) is 11.3. The van der Waals surface area contributed by atoms with Crippen molar-refractivity contribution in [2.45, 2.75) is 51.6 Å². The molecule has 2 aromatic carbocycles. The fourth-order valence-electron chi connectivity index (χ4n) is 3.80. The molecule has 1 amide bonds. The molecule has 0 N–H and O–H groups in total. The number of hydrogen-bond donors (Lipinski definition) is 0. The Morgan fingerprint density at radius 1 is 0.857 bits per heavy atom. The number of unbranched alkanes of at least 4 members (excludes halogenated alkanes) is 2. The molecule has 0 unspecified atom stereocenters. The highest BCUT2D eigenvalue weighted by Crippen LogP contribution is 2.31. The third-order valence-electron chi connectivity index (χ3n) is 5.64. The topological polar surface area (TPSA) is 25.2 Å². The molecule has 0 bridgehead atoms. The Balaban J connectivity index is 1.84. The monoisotopic (exact) mass is 496 g/mol. The molecule has 0 spiro atoms. The maximum atomic E-state index is 13.2. The first kappa shape index (κ1) is 26.4. The van der Waals surface area contributed by atoms with E-state index < -0.39 is 29.4 Å². The predicted octanol–water partition coefficient (Wildman–Crippen LogP) is 7.41. The van der Waals surface area contributed by atoms with Gasteiger partial charge >= 0.3 is 12.4 Å². The average molecular weight is 496 g/mol. The van der Waals surface area contributed by atoms with Crippen LogP contribution in [0.4, 0.5) is 26.3 Å². The van der Waals surface area contributed by atoms with Gasteiger partial charge in [-0.25, -0.2) is 0 Å². The van der Waals surface area contributed by atoms with Crippen molar-refractivity contribution in [1.82, 2.24) is 9.47 Å². The highest BCUT2D eigenvalue weighted by molar-refractivity contribution is 5.94. The zero-order valence-electron chi connectivity index (χ0n) is 19.2. The summed E-state index contributed by atoms with van der Waals surface area (Å²) in [5, 5.41) is 0. The minimum Gasteiger partial charge on any atom is -0.345 e. The molecule has 9 heteroatoms. The van der Waals surface area contributed by atoms with Gasteiger partial charge in [-0.2, -0.15) is 26.3 Å². The van der Waals surface area contributed by atoms with Crippen LogP contribution < -0.4 is 0 Å². The summed E-state index contributed by atoms with van der Waals surface area (Å²) in [5.41, 5.74) is -0.597. The molecule has 0 aliphatic rings. The number of carbonyl (C=O) groups is 1. The minimum absolute atomic E-state index is 0.0627. The summed E-state index contributed by atoms with van der Waals surface area (Å²) in [6.07, 6.45) is -4.90. The highest BCUT2D eigenvalue weighted by atomic mass is 19.4. The maximum Gasteiger partial charge on any atom is 0.416 e. The lowest BCUT2D eigenvalue weighted by Crippen LogP contribution is -2.32. The van der Waals surface area contributed by atoms with Gasteiger partial charge in [0, 0.05) is 30.5 Å². The number of aromatic nitrogens is 1. The molecule has 188 valence electrons. The lowest BCUT2D eigenvalue weighted by molar-refractivity contribution is -0.138. The Morgan fingerprint density at radius 3 is 2.17 bits per heavy atom. The first-order valence-corrected chi connectivity index (χ1v) is 11.3. The Bertz CT molecular complexity index is 1130. The molecule has 0 saturated carbocycles. The van der Waals surface area contributed by atoms with Crippen molar-refractivity contribution in [1.29, 1.82) is 0 Å². The highest BCUT2D eigenvalue weighted by Gasteiger charge is 2.32. The number of hydrogen-bond acceptors (Lipinski definition) is 1. The van der Waals surface area contributed by atoms with E-state index in [0.29, 0.717) is 24.2 Å². The molecular formula is C26H26F6N2O. The van der Waals surface area contributed by atoms with Crippen LogP contribution in [0.3, 0.4) is 0 Å². The largest absolute Gasteiger partial charge is 0.416 e. The third kappa shape index (κ3) is 7.13. The van der Waals surface area contributed by atoms with Gasteiger partial charge in [-0.1, -0.05) is 38.0 Å². The summed E-state index contributed by atoms with van der Waals surface area (Å²) in [4.78, 5) is 14.7. The molecule has 0 radical (unpaired) electrons. The van der Waals surface area contributed by atoms with Crippen LogP contribution in [0, 0.1) is 0 Å². The second-order valence-corrected chi connectivity index (χ2v) is 8.34. The van der Waals surface area contributed by atoms with E-state index in [1.54, 1.807) is 29.0 Å². The van der Waals surface area contributed by atoms with E-state index in [0.717, 1.165) is 37.1 Å². The standard InChI is InChI=1S/C26H26F6N2O/c1-2-3-4-13-34(24(35)20-9-6-11-22(16-20)26(30,31)32)18-23-12-7-14-33(23)17-19-8-5-10-21(15-19)25(27,28)29/h5-12,14-16H,2-4,13,17-18H2,1H3. The van der Waals surface area contributed by atoms with E-state index in [9.17, 15) is 31.1 Å². The molecule has 0 fully saturated rings. The predicted molar refractivity (Wildman–Crippen MR) is 121 cm³/mol. The van der Waals surface area contributed by atoms with E-state index in [2.05, 4.69) is 0 Å². The minimum atomic E-state index is -4.57. The molecule has 1 aromatic heterocycles. The number of rotatable bonds is 9. The van der Waals surface area contributed by atoms with Gasteiger partial charge in [0.2, 0.25) is 0 Å². The van der Waals surface area contributed by atoms with Gasteiger partial charge in [-0.3, -0.25) is 4.79 Å². The van der Waals surface area contributed by atoms with Crippen molar-refractivity contribution in [3.63, 3.8) is 0 Å². The molecule has 35 heavy (non-hydrogen) atoms. The molecule has 3 aromatic rings. The van der Waals surface area contributed by atoms with Crippen LogP contribution in [0.25, 0.3) is 0 Å². The van der Waals surface area contributed by atoms with Crippen LogP contribution in [-0.4, -0.2) is 21.9 Å². The summed E-state index contributed by atoms with van der Waals surface area (Å²) < 4.78 is 80.4. The summed E-state index contributed by atoms with van der Waals surface area (Å²) in [6, 6.07) is 12.8. The molecule has 3 rings (SSSR count). The van der Waals surface area contributed by atoms with Gasteiger partial charge < -0.3 is 9.47 Å². The number of carbonyl (C=O) groups excluding carboxylic acids is 1. The average Bonchev–Trinajstić information content (AvgIpc) is 3.23. The zero-order valence-corrected chi connectivity index (χ0v) is 19.2. The van der Waals surface area contributed by atoms with Crippen molar-refractivity contribution in [2.75, 3.05) is 6.54 Å². The number of amides is 1. The Labute approximate surface area is 200 Å². The lowest BCUT2D eigenvalue weighted by atomic mass is 10.1. The van der Waals surface area contributed by atoms with Gasteiger partial charge in [0.1, 0.15) is 0 Å². The van der Waals surface area contributed by atoms with Crippen LogP contribution in [0.5, 0.6) is 0 Å². The molecule has 0 saturated heterocycles. The van der Waals surface area contributed by atoms with E-state index in [4.69, 9.17) is 0 Å². The first-order chi connectivity index (χ1) is 16.5. The van der Waals surface area contributed by atoms with Crippen LogP contribution in [0.15, 0.2) is 66.9 Å². The van der Waals surface area contributed by atoms with E-state index in [1.165, 1.54) is 23.1 Å². The Kier molecular flexibility index (Phi) is 8.30. The summed E-state index contributed by atoms with van der Waals surface area (Å²) in [7, 11) is 0. The van der Waals surface area contributed by atoms with Crippen molar-refractivity contribution in [2.24, 2.45) is 0 Å². The normalized spacial score (nSPS) is 12.1. The van der Waals surface area contributed by atoms with Crippen molar-refractivity contribution in [3.05, 3.63) is 94.8 Å². The zero-order chi connectivity index (χ0) is 25.6. The number of nitrogens with zero attached hydrogens (tertiary/aromatic N) is 2. The number of benzene rings is 2. The molecule has 0 aliphatic heterocycles. The summed E-state index contributed by atoms with van der Waals surface area (Å²) in [6.45, 7) is 2.62. The Hall–Kier alpha value is -3.23. The van der Waals surface area contributed by atoms with Crippen LogP contribution in [0.1, 0.15) is 58.9 Å². The van der Waals surface area contributed by atoms with Crippen LogP contribution >= 0.6 is 0 Å². The quantitative estimate of drug-likeness (QED) is 0.224. The fraction of sp³-hybridized carbons (Fsp3) is 0.346. The molecule has 0 atom stereocenters. The smallest absolute Gasteiger partial charge is 0.345 e. The number of alkyl halides is 6. The lowest BCUT2D eigenvalue weighted by Gasteiger charge is -2.24. The van der Waals surface area contributed by atoms with Gasteiger partial charge in [0.15, 0.2) is 0 Å². The second-order valence-electron chi connectivity index (χ2n) is 8.34. The summed E-state index contributed by atoms with van der Waals surface area (Å²) in [5.74, 6) is -0.529. The van der Waals surface area contributed by atoms with Crippen molar-refractivity contribution >= 4 is 5.91 Å². The van der Waals surface area contributed by atoms with Gasteiger partial charge in [0.25, 0.3) is 5.91 Å². The number of halogens is 6. The van der Waals surface area contributed by atoms with Gasteiger partial charge in [-0.05, 0) is 54.4 Å². The maximum absolute atomic E-state index is 13.2. The van der Waals surface area contributed by atoms with Crippen LogP contribution in [0.2, 0.25) is 0 Å². The molecular weight excluding hydrogens is 470 g/mol. The SMILES string of the molecule is CCCCCN(Cc1cccn1Cc1cccc(C(F)(F)F)c1)C(=O)c1cccc(C(F)(F)F)c1. The molecule has 1 heterocycles. The molecule has 0 aliphatic carbocycles. The van der Waals surface area contributed by atoms with Crippen molar-refractivity contribution < 1.29 is 31.1 Å². The van der Waals surface area contributed by atoms with Gasteiger partial charge in [0.05, 0.1) is 17.7 Å². The second kappa shape index (κ2) is 11.0. The van der Waals surface area contributed by atoms with Crippen LogP contribution in [-0.2, 0) is 25.4 Å².